The summed E-state index contributed by atoms with van der Waals surface area (Å²) in [5.41, 5.74) is 2.78. The van der Waals surface area contributed by atoms with Gasteiger partial charge in [0.15, 0.2) is 0 Å². The molecule has 0 aromatic heterocycles. The molecule has 0 aromatic rings. The highest BCUT2D eigenvalue weighted by atomic mass is 16.5. The van der Waals surface area contributed by atoms with Crippen LogP contribution in [0.5, 0.6) is 0 Å². The first-order valence-corrected chi connectivity index (χ1v) is 5.31. The van der Waals surface area contributed by atoms with Crippen molar-refractivity contribution in [1.82, 2.24) is 0 Å². The smallest absolute Gasteiger partial charge is 0.0575 e. The van der Waals surface area contributed by atoms with Crippen LogP contribution in [0.2, 0.25) is 0 Å². The van der Waals surface area contributed by atoms with Gasteiger partial charge in [0.1, 0.15) is 0 Å². The molecule has 0 aliphatic rings. The Morgan fingerprint density at radius 1 is 1.46 bits per heavy atom. The van der Waals surface area contributed by atoms with E-state index in [1.165, 1.54) is 12.8 Å². The summed E-state index contributed by atoms with van der Waals surface area (Å²) in [6, 6.07) is 0. The molecule has 0 amide bonds. The molecule has 1 atom stereocenters. The van der Waals surface area contributed by atoms with Gasteiger partial charge in [-0.2, -0.15) is 0 Å². The molecule has 0 aromatic carbocycles. The van der Waals surface area contributed by atoms with Crippen LogP contribution in [-0.4, -0.2) is 12.7 Å². The fraction of sp³-hybridized carbons (Fsp3) is 0.750. The van der Waals surface area contributed by atoms with Crippen molar-refractivity contribution >= 4 is 0 Å². The highest BCUT2D eigenvalue weighted by Gasteiger charge is 2.03. The molecule has 1 heteroatoms. The van der Waals surface area contributed by atoms with Crippen LogP contribution < -0.4 is 0 Å². The Labute approximate surface area is 82.5 Å². The molecule has 0 aliphatic heterocycles. The molecular formula is C12H22O. The van der Waals surface area contributed by atoms with E-state index in [1.54, 1.807) is 0 Å². The predicted molar refractivity (Wildman–Crippen MR) is 57.9 cm³/mol. The Kier molecular flexibility index (Phi) is 9.18. The zero-order valence-corrected chi connectivity index (χ0v) is 9.01. The summed E-state index contributed by atoms with van der Waals surface area (Å²) in [6.45, 7) is 8.81. The lowest BCUT2D eigenvalue weighted by Gasteiger charge is -2.14. The van der Waals surface area contributed by atoms with Gasteiger partial charge in [-0.3, -0.25) is 0 Å². The first kappa shape index (κ1) is 12.5. The van der Waals surface area contributed by atoms with E-state index < -0.39 is 0 Å². The number of unbranched alkanes of at least 4 members (excludes halogenated alkanes) is 1. The van der Waals surface area contributed by atoms with Gasteiger partial charge in [-0.05, 0) is 31.8 Å². The maximum Gasteiger partial charge on any atom is 0.0575 e. The monoisotopic (exact) mass is 182 g/mol. The minimum absolute atomic E-state index is 0.427. The Bertz CT molecular complexity index is 145. The molecule has 1 nitrogen and oxygen atoms in total. The standard InChI is InChI=1S/C12H22O/c1-4-7-9-10-12(6-3)13-11-8-5-2/h7,12H,1,5-6,8-11H2,2-3H3/t12-/m1/s1. The lowest BCUT2D eigenvalue weighted by molar-refractivity contribution is 0.0439. The summed E-state index contributed by atoms with van der Waals surface area (Å²) >= 11 is 0. The lowest BCUT2D eigenvalue weighted by Crippen LogP contribution is -2.12. The molecule has 13 heavy (non-hydrogen) atoms. The van der Waals surface area contributed by atoms with E-state index >= 15 is 0 Å². The second-order valence-electron chi connectivity index (χ2n) is 3.24. The van der Waals surface area contributed by atoms with Crippen molar-refractivity contribution in [2.75, 3.05) is 6.61 Å². The third-order valence-corrected chi connectivity index (χ3v) is 2.08. The van der Waals surface area contributed by atoms with Crippen molar-refractivity contribution in [1.29, 1.82) is 0 Å². The molecule has 0 unspecified atom stereocenters. The topological polar surface area (TPSA) is 9.23 Å². The second-order valence-corrected chi connectivity index (χ2v) is 3.24. The highest BCUT2D eigenvalue weighted by Crippen LogP contribution is 2.07. The van der Waals surface area contributed by atoms with Crippen LogP contribution in [0.1, 0.15) is 46.0 Å². The zero-order valence-electron chi connectivity index (χ0n) is 9.01. The minimum atomic E-state index is 0.427. The minimum Gasteiger partial charge on any atom is -0.378 e. The third kappa shape index (κ3) is 7.83. The maximum atomic E-state index is 5.71. The van der Waals surface area contributed by atoms with Gasteiger partial charge < -0.3 is 4.74 Å². The molecule has 0 fully saturated rings. The summed E-state index contributed by atoms with van der Waals surface area (Å²) in [4.78, 5) is 0. The molecule has 76 valence electrons. The normalized spacial score (nSPS) is 12.2. The maximum absolute atomic E-state index is 5.71. The molecule has 0 saturated carbocycles. The molecular weight excluding hydrogens is 160 g/mol. The summed E-state index contributed by atoms with van der Waals surface area (Å²) in [6.07, 6.45) is 8.03. The Hall–Kier alpha value is -0.520. The van der Waals surface area contributed by atoms with Gasteiger partial charge >= 0.3 is 0 Å². The Morgan fingerprint density at radius 3 is 2.77 bits per heavy atom. The van der Waals surface area contributed by atoms with Gasteiger partial charge in [0.2, 0.25) is 0 Å². The summed E-state index contributed by atoms with van der Waals surface area (Å²) in [7, 11) is 0. The average molecular weight is 182 g/mol. The zero-order chi connectivity index (χ0) is 9.94. The van der Waals surface area contributed by atoms with Gasteiger partial charge in [0.25, 0.3) is 0 Å². The Morgan fingerprint density at radius 2 is 2.23 bits per heavy atom. The van der Waals surface area contributed by atoms with Crippen LogP contribution in [0.15, 0.2) is 18.4 Å². The number of hydrogen-bond acceptors (Lipinski definition) is 1. The van der Waals surface area contributed by atoms with E-state index in [0.29, 0.717) is 6.10 Å². The van der Waals surface area contributed by atoms with E-state index in [1.807, 2.05) is 6.08 Å². The second kappa shape index (κ2) is 9.57. The predicted octanol–water partition coefficient (Wildman–Crippen LogP) is 3.70. The summed E-state index contributed by atoms with van der Waals surface area (Å²) in [5, 5.41) is 0. The van der Waals surface area contributed by atoms with E-state index in [-0.39, 0.29) is 0 Å². The molecule has 0 heterocycles. The molecule has 0 rings (SSSR count). The number of ether oxygens (including phenoxy) is 1. The summed E-state index contributed by atoms with van der Waals surface area (Å²) < 4.78 is 5.71. The van der Waals surface area contributed by atoms with Crippen LogP contribution in [-0.2, 0) is 4.74 Å². The first-order valence-electron chi connectivity index (χ1n) is 5.31. The van der Waals surface area contributed by atoms with Crippen LogP contribution in [0, 0.1) is 0 Å². The molecule has 0 N–H and O–H groups in total. The summed E-state index contributed by atoms with van der Waals surface area (Å²) in [5.74, 6) is 0. The van der Waals surface area contributed by atoms with E-state index in [0.717, 1.165) is 25.9 Å². The van der Waals surface area contributed by atoms with E-state index in [2.05, 4.69) is 26.2 Å². The molecule has 0 bridgehead atoms. The average Bonchev–Trinajstić information content (AvgIpc) is 2.16. The van der Waals surface area contributed by atoms with E-state index in [4.69, 9.17) is 4.74 Å². The van der Waals surface area contributed by atoms with Crippen molar-refractivity contribution in [2.24, 2.45) is 0 Å². The van der Waals surface area contributed by atoms with E-state index in [9.17, 15) is 0 Å². The van der Waals surface area contributed by atoms with Gasteiger partial charge in [-0.1, -0.05) is 26.8 Å². The van der Waals surface area contributed by atoms with Gasteiger partial charge in [-0.15, -0.1) is 5.73 Å². The first-order chi connectivity index (χ1) is 6.35. The fourth-order valence-corrected chi connectivity index (χ4v) is 1.17. The van der Waals surface area contributed by atoms with Crippen LogP contribution >= 0.6 is 0 Å². The number of rotatable bonds is 8. The van der Waals surface area contributed by atoms with Crippen molar-refractivity contribution in [3.05, 3.63) is 18.4 Å². The third-order valence-electron chi connectivity index (χ3n) is 2.08. The van der Waals surface area contributed by atoms with Crippen molar-refractivity contribution in [3.63, 3.8) is 0 Å². The Balaban J connectivity index is 3.44. The molecule has 0 saturated heterocycles. The van der Waals surface area contributed by atoms with Gasteiger partial charge in [0, 0.05) is 6.61 Å². The molecule has 0 aliphatic carbocycles. The van der Waals surface area contributed by atoms with Gasteiger partial charge in [-0.25, -0.2) is 0 Å². The highest BCUT2D eigenvalue weighted by molar-refractivity contribution is 4.76. The number of allylic oxidation sites excluding steroid dienone is 1. The molecule has 0 radical (unpaired) electrons. The largest absolute Gasteiger partial charge is 0.378 e. The van der Waals surface area contributed by atoms with Crippen LogP contribution in [0.4, 0.5) is 0 Å². The quantitative estimate of drug-likeness (QED) is 0.411. The fourth-order valence-electron chi connectivity index (χ4n) is 1.17. The lowest BCUT2D eigenvalue weighted by atomic mass is 10.1. The SMILES string of the molecule is C=C=CCC[C@@H](CC)OCCCC. The van der Waals surface area contributed by atoms with Gasteiger partial charge in [0.05, 0.1) is 6.10 Å². The van der Waals surface area contributed by atoms with Crippen LogP contribution in [0.3, 0.4) is 0 Å². The molecule has 0 spiro atoms. The number of hydrogen-bond donors (Lipinski definition) is 0. The van der Waals surface area contributed by atoms with Crippen molar-refractivity contribution in [3.8, 4) is 0 Å². The van der Waals surface area contributed by atoms with Crippen LogP contribution in [0.25, 0.3) is 0 Å². The van der Waals surface area contributed by atoms with Crippen molar-refractivity contribution < 1.29 is 4.74 Å². The van der Waals surface area contributed by atoms with Crippen molar-refractivity contribution in [2.45, 2.75) is 52.1 Å².